The first-order valence-electron chi connectivity index (χ1n) is 6.33. The lowest BCUT2D eigenvalue weighted by molar-refractivity contribution is 0.139. The van der Waals surface area contributed by atoms with Gasteiger partial charge in [0.05, 0.1) is 0 Å². The van der Waals surface area contributed by atoms with Gasteiger partial charge in [0.2, 0.25) is 0 Å². The number of nitrogens with zero attached hydrogens (tertiary/aromatic N) is 1. The summed E-state index contributed by atoms with van der Waals surface area (Å²) in [5.41, 5.74) is 6.30. The summed E-state index contributed by atoms with van der Waals surface area (Å²) < 4.78 is 0. The molecule has 1 unspecified atom stereocenters. The molecule has 3 nitrogen and oxygen atoms in total. The van der Waals surface area contributed by atoms with Gasteiger partial charge in [-0.25, -0.2) is 0 Å². The average Bonchev–Trinajstić information content (AvgIpc) is 2.56. The summed E-state index contributed by atoms with van der Waals surface area (Å²) in [7, 11) is 2.22. The Bertz CT molecular complexity index is 196. The van der Waals surface area contributed by atoms with Crippen molar-refractivity contribution >= 4 is 0 Å². The Labute approximate surface area is 93.4 Å². The highest BCUT2D eigenvalue weighted by molar-refractivity contribution is 4.90. The van der Waals surface area contributed by atoms with E-state index in [1.165, 1.54) is 45.3 Å². The van der Waals surface area contributed by atoms with Crippen molar-refractivity contribution in [2.45, 2.75) is 25.7 Å². The molecule has 1 aliphatic heterocycles. The maximum atomic E-state index is 5.84. The van der Waals surface area contributed by atoms with Gasteiger partial charge in [0.25, 0.3) is 0 Å². The maximum absolute atomic E-state index is 5.84. The van der Waals surface area contributed by atoms with Gasteiger partial charge in [-0.15, -0.1) is 0 Å². The van der Waals surface area contributed by atoms with E-state index in [0.29, 0.717) is 5.41 Å². The third kappa shape index (κ3) is 2.71. The van der Waals surface area contributed by atoms with E-state index in [4.69, 9.17) is 5.73 Å². The Hall–Kier alpha value is -0.120. The Morgan fingerprint density at radius 2 is 2.27 bits per heavy atom. The van der Waals surface area contributed by atoms with Crippen molar-refractivity contribution in [1.82, 2.24) is 10.2 Å². The summed E-state index contributed by atoms with van der Waals surface area (Å²) in [4.78, 5) is 2.42. The highest BCUT2D eigenvalue weighted by Gasteiger charge is 2.35. The Morgan fingerprint density at radius 1 is 1.47 bits per heavy atom. The molecule has 1 atom stereocenters. The predicted octanol–water partition coefficient (Wildman–Crippen LogP) is 0.657. The van der Waals surface area contributed by atoms with Crippen LogP contribution >= 0.6 is 0 Å². The second-order valence-corrected chi connectivity index (χ2v) is 5.61. The fourth-order valence-corrected chi connectivity index (χ4v) is 2.86. The first-order chi connectivity index (χ1) is 7.24. The van der Waals surface area contributed by atoms with Crippen molar-refractivity contribution in [3.63, 3.8) is 0 Å². The second kappa shape index (κ2) is 4.81. The van der Waals surface area contributed by atoms with Crippen LogP contribution in [0.5, 0.6) is 0 Å². The number of likely N-dealkylation sites (tertiary alicyclic amines) is 1. The van der Waals surface area contributed by atoms with Gasteiger partial charge in [-0.05, 0) is 57.3 Å². The fourth-order valence-electron chi connectivity index (χ4n) is 2.86. The van der Waals surface area contributed by atoms with Crippen molar-refractivity contribution in [3.05, 3.63) is 0 Å². The molecule has 2 rings (SSSR count). The van der Waals surface area contributed by atoms with Crippen LogP contribution in [-0.4, -0.2) is 44.7 Å². The minimum Gasteiger partial charge on any atom is -0.330 e. The molecule has 0 aromatic heterocycles. The van der Waals surface area contributed by atoms with Crippen LogP contribution in [0.3, 0.4) is 0 Å². The van der Waals surface area contributed by atoms with E-state index in [9.17, 15) is 0 Å². The molecule has 0 radical (unpaired) electrons. The van der Waals surface area contributed by atoms with Crippen molar-refractivity contribution in [2.75, 3.05) is 39.8 Å². The summed E-state index contributed by atoms with van der Waals surface area (Å²) >= 11 is 0. The van der Waals surface area contributed by atoms with E-state index >= 15 is 0 Å². The lowest BCUT2D eigenvalue weighted by atomic mass is 9.69. The van der Waals surface area contributed by atoms with Gasteiger partial charge in [0.1, 0.15) is 0 Å². The monoisotopic (exact) mass is 211 g/mol. The van der Waals surface area contributed by atoms with Gasteiger partial charge in [-0.1, -0.05) is 6.42 Å². The van der Waals surface area contributed by atoms with E-state index < -0.39 is 0 Å². The van der Waals surface area contributed by atoms with Crippen LogP contribution in [-0.2, 0) is 0 Å². The summed E-state index contributed by atoms with van der Waals surface area (Å²) in [6, 6.07) is 0. The van der Waals surface area contributed by atoms with E-state index in [0.717, 1.165) is 19.0 Å². The van der Waals surface area contributed by atoms with Crippen molar-refractivity contribution < 1.29 is 0 Å². The molecule has 15 heavy (non-hydrogen) atoms. The molecule has 0 spiro atoms. The lowest BCUT2D eigenvalue weighted by Crippen LogP contribution is -2.46. The van der Waals surface area contributed by atoms with E-state index in [1.807, 2.05) is 0 Å². The number of rotatable bonds is 5. The van der Waals surface area contributed by atoms with Gasteiger partial charge in [-0.3, -0.25) is 0 Å². The molecule has 3 heteroatoms. The van der Waals surface area contributed by atoms with E-state index in [1.54, 1.807) is 0 Å². The van der Waals surface area contributed by atoms with Crippen LogP contribution in [0.4, 0.5) is 0 Å². The SMILES string of the molecule is CN1CCC(CNCC2(CN)CCC2)C1. The zero-order valence-corrected chi connectivity index (χ0v) is 9.97. The van der Waals surface area contributed by atoms with Crippen LogP contribution in [0, 0.1) is 11.3 Å². The summed E-state index contributed by atoms with van der Waals surface area (Å²) in [5, 5.41) is 3.63. The quantitative estimate of drug-likeness (QED) is 0.702. The molecular weight excluding hydrogens is 186 g/mol. The molecule has 88 valence electrons. The van der Waals surface area contributed by atoms with Crippen LogP contribution in [0.2, 0.25) is 0 Å². The second-order valence-electron chi connectivity index (χ2n) is 5.61. The van der Waals surface area contributed by atoms with Crippen LogP contribution in [0.1, 0.15) is 25.7 Å². The van der Waals surface area contributed by atoms with Crippen molar-refractivity contribution in [2.24, 2.45) is 17.1 Å². The smallest absolute Gasteiger partial charge is 0.00200 e. The Morgan fingerprint density at radius 3 is 2.73 bits per heavy atom. The summed E-state index contributed by atoms with van der Waals surface area (Å²) in [6.45, 7) is 5.73. The molecule has 1 saturated heterocycles. The zero-order chi connectivity index (χ0) is 10.7. The van der Waals surface area contributed by atoms with Gasteiger partial charge in [0.15, 0.2) is 0 Å². The third-order valence-electron chi connectivity index (χ3n) is 4.27. The molecule has 0 aromatic rings. The van der Waals surface area contributed by atoms with E-state index in [2.05, 4.69) is 17.3 Å². The summed E-state index contributed by atoms with van der Waals surface area (Å²) in [5.74, 6) is 0.866. The molecule has 1 saturated carbocycles. The standard InChI is InChI=1S/C12H25N3/c1-15-6-3-11(8-15)7-14-10-12(9-13)4-2-5-12/h11,14H,2-10,13H2,1H3. The third-order valence-corrected chi connectivity index (χ3v) is 4.27. The molecule has 3 N–H and O–H groups in total. The van der Waals surface area contributed by atoms with Gasteiger partial charge >= 0.3 is 0 Å². The van der Waals surface area contributed by atoms with E-state index in [-0.39, 0.29) is 0 Å². The summed E-state index contributed by atoms with van der Waals surface area (Å²) in [6.07, 6.45) is 5.41. The first kappa shape index (κ1) is 11.4. The van der Waals surface area contributed by atoms with Crippen molar-refractivity contribution in [3.8, 4) is 0 Å². The number of nitrogens with one attached hydrogen (secondary N) is 1. The maximum Gasteiger partial charge on any atom is 0.00200 e. The molecule has 1 aliphatic carbocycles. The van der Waals surface area contributed by atoms with Gasteiger partial charge < -0.3 is 16.0 Å². The van der Waals surface area contributed by atoms with Gasteiger partial charge in [0, 0.05) is 13.1 Å². The highest BCUT2D eigenvalue weighted by atomic mass is 15.1. The molecule has 0 amide bonds. The minimum absolute atomic E-state index is 0.463. The zero-order valence-electron chi connectivity index (χ0n) is 9.97. The topological polar surface area (TPSA) is 41.3 Å². The highest BCUT2D eigenvalue weighted by Crippen LogP contribution is 2.39. The van der Waals surface area contributed by atoms with Crippen molar-refractivity contribution in [1.29, 1.82) is 0 Å². The van der Waals surface area contributed by atoms with Gasteiger partial charge in [-0.2, -0.15) is 0 Å². The average molecular weight is 211 g/mol. The Kier molecular flexibility index (Phi) is 3.65. The minimum atomic E-state index is 0.463. The van der Waals surface area contributed by atoms with Crippen LogP contribution in [0.25, 0.3) is 0 Å². The first-order valence-corrected chi connectivity index (χ1v) is 6.33. The number of hydrogen-bond donors (Lipinski definition) is 2. The normalized spacial score (nSPS) is 30.4. The molecule has 0 bridgehead atoms. The van der Waals surface area contributed by atoms with Crippen LogP contribution in [0.15, 0.2) is 0 Å². The molecule has 1 heterocycles. The Balaban J connectivity index is 1.62. The number of hydrogen-bond acceptors (Lipinski definition) is 3. The number of nitrogens with two attached hydrogens (primary N) is 1. The molecule has 2 fully saturated rings. The fraction of sp³-hybridized carbons (Fsp3) is 1.00. The lowest BCUT2D eigenvalue weighted by Gasteiger charge is -2.41. The molecule has 2 aliphatic rings. The largest absolute Gasteiger partial charge is 0.330 e. The van der Waals surface area contributed by atoms with Crippen LogP contribution < -0.4 is 11.1 Å². The molecule has 0 aromatic carbocycles. The predicted molar refractivity (Wildman–Crippen MR) is 63.8 cm³/mol. The molecular formula is C12H25N3.